The van der Waals surface area contributed by atoms with Crippen molar-refractivity contribution in [3.8, 4) is 0 Å². The molecule has 2 aromatic rings. The van der Waals surface area contributed by atoms with Crippen LogP contribution >= 0.6 is 0 Å². The minimum atomic E-state index is -0.446. The lowest BCUT2D eigenvalue weighted by Gasteiger charge is -2.10. The summed E-state index contributed by atoms with van der Waals surface area (Å²) in [6, 6.07) is 4.06. The zero-order valence-corrected chi connectivity index (χ0v) is 13.4. The summed E-state index contributed by atoms with van der Waals surface area (Å²) >= 11 is 0. The van der Waals surface area contributed by atoms with Crippen LogP contribution in [-0.2, 0) is 20.7 Å². The zero-order chi connectivity index (χ0) is 16.3. The number of furan rings is 1. The second-order valence-electron chi connectivity index (χ2n) is 5.63. The van der Waals surface area contributed by atoms with E-state index in [1.807, 2.05) is 6.07 Å². The van der Waals surface area contributed by atoms with Gasteiger partial charge in [0.1, 0.15) is 5.58 Å². The average Bonchev–Trinajstić information content (AvgIpc) is 2.85. The van der Waals surface area contributed by atoms with Crippen LogP contribution in [-0.4, -0.2) is 25.5 Å². The summed E-state index contributed by atoms with van der Waals surface area (Å²) in [5.74, 6) is -0.381. The van der Waals surface area contributed by atoms with Crippen molar-refractivity contribution in [2.45, 2.75) is 33.1 Å². The second-order valence-corrected chi connectivity index (χ2v) is 5.63. The highest BCUT2D eigenvalue weighted by Crippen LogP contribution is 2.29. The highest BCUT2D eigenvalue weighted by molar-refractivity contribution is 5.87. The van der Waals surface area contributed by atoms with Crippen LogP contribution in [0.3, 0.4) is 0 Å². The lowest BCUT2D eigenvalue weighted by atomic mass is 9.95. The minimum Gasteiger partial charge on any atom is -0.464 e. The van der Waals surface area contributed by atoms with Gasteiger partial charge in [-0.05, 0) is 36.1 Å². The van der Waals surface area contributed by atoms with E-state index in [1.54, 1.807) is 6.26 Å². The molecule has 0 spiro atoms. The van der Waals surface area contributed by atoms with Crippen LogP contribution in [0.2, 0.25) is 0 Å². The first-order chi connectivity index (χ1) is 10.4. The van der Waals surface area contributed by atoms with E-state index in [2.05, 4.69) is 32.2 Å². The number of benzene rings is 1. The molecule has 1 N–H and O–H groups in total. The van der Waals surface area contributed by atoms with Crippen molar-refractivity contribution >= 4 is 22.8 Å². The molecule has 0 aliphatic rings. The molecule has 1 aromatic heterocycles. The quantitative estimate of drug-likeness (QED) is 0.862. The molecule has 1 heterocycles. The Morgan fingerprint density at radius 1 is 1.32 bits per heavy atom. The maximum absolute atomic E-state index is 11.8. The molecule has 0 aliphatic carbocycles. The van der Waals surface area contributed by atoms with Gasteiger partial charge in [0.2, 0.25) is 0 Å². The van der Waals surface area contributed by atoms with E-state index in [4.69, 9.17) is 9.15 Å². The van der Waals surface area contributed by atoms with Gasteiger partial charge in [0, 0.05) is 18.0 Å². The average molecular weight is 303 g/mol. The van der Waals surface area contributed by atoms with Gasteiger partial charge in [-0.25, -0.2) is 0 Å². The largest absolute Gasteiger partial charge is 0.464 e. The van der Waals surface area contributed by atoms with Crippen molar-refractivity contribution in [3.05, 3.63) is 35.1 Å². The van der Waals surface area contributed by atoms with E-state index >= 15 is 0 Å². The van der Waals surface area contributed by atoms with Crippen LogP contribution in [0.1, 0.15) is 36.5 Å². The Hall–Kier alpha value is -2.30. The SMILES string of the molecule is CNC(=O)COC(=O)Cc1coc2cc(C)c(C(C)C)cc12. The second kappa shape index (κ2) is 6.64. The van der Waals surface area contributed by atoms with E-state index in [1.165, 1.54) is 18.2 Å². The van der Waals surface area contributed by atoms with Crippen LogP contribution in [0.4, 0.5) is 0 Å². The van der Waals surface area contributed by atoms with Gasteiger partial charge in [0.05, 0.1) is 12.7 Å². The molecule has 5 heteroatoms. The van der Waals surface area contributed by atoms with Crippen molar-refractivity contribution in [1.82, 2.24) is 5.32 Å². The number of esters is 1. The number of hydrogen-bond acceptors (Lipinski definition) is 4. The molecule has 1 aromatic carbocycles. The van der Waals surface area contributed by atoms with Gasteiger partial charge < -0.3 is 14.5 Å². The monoisotopic (exact) mass is 303 g/mol. The van der Waals surface area contributed by atoms with Crippen molar-refractivity contribution in [2.24, 2.45) is 0 Å². The van der Waals surface area contributed by atoms with Crippen molar-refractivity contribution in [1.29, 1.82) is 0 Å². The number of carbonyl (C=O) groups excluding carboxylic acids is 2. The topological polar surface area (TPSA) is 68.5 Å². The maximum Gasteiger partial charge on any atom is 0.310 e. The maximum atomic E-state index is 11.8. The lowest BCUT2D eigenvalue weighted by Crippen LogP contribution is -2.25. The van der Waals surface area contributed by atoms with Crippen molar-refractivity contribution < 1.29 is 18.7 Å². The number of amides is 1. The van der Waals surface area contributed by atoms with E-state index in [-0.39, 0.29) is 18.9 Å². The number of carbonyl (C=O) groups is 2. The molecule has 2 rings (SSSR count). The standard InChI is InChI=1S/C17H21NO4/c1-10(2)13-7-14-12(8-21-15(14)5-11(13)3)6-17(20)22-9-16(19)18-4/h5,7-8,10H,6,9H2,1-4H3,(H,18,19). The Labute approximate surface area is 129 Å². The smallest absolute Gasteiger partial charge is 0.310 e. The molecule has 0 fully saturated rings. The highest BCUT2D eigenvalue weighted by atomic mass is 16.5. The number of nitrogens with one attached hydrogen (secondary N) is 1. The summed E-state index contributed by atoms with van der Waals surface area (Å²) in [5.41, 5.74) is 3.94. The van der Waals surface area contributed by atoms with E-state index < -0.39 is 5.97 Å². The van der Waals surface area contributed by atoms with E-state index in [0.29, 0.717) is 5.92 Å². The number of hydrogen-bond donors (Lipinski definition) is 1. The Morgan fingerprint density at radius 3 is 2.68 bits per heavy atom. The first-order valence-electron chi connectivity index (χ1n) is 7.29. The predicted molar refractivity (Wildman–Crippen MR) is 83.8 cm³/mol. The van der Waals surface area contributed by atoms with Gasteiger partial charge >= 0.3 is 5.97 Å². The Balaban J connectivity index is 2.19. The molecule has 0 saturated carbocycles. The van der Waals surface area contributed by atoms with Gasteiger partial charge in [-0.1, -0.05) is 13.8 Å². The molecule has 0 unspecified atom stereocenters. The molecule has 0 radical (unpaired) electrons. The molecule has 1 amide bonds. The first kappa shape index (κ1) is 16.1. The third kappa shape index (κ3) is 3.47. The Morgan fingerprint density at radius 2 is 2.05 bits per heavy atom. The predicted octanol–water partition coefficient (Wildman–Crippen LogP) is 2.70. The summed E-state index contributed by atoms with van der Waals surface area (Å²) in [5, 5.41) is 3.32. The molecular formula is C17H21NO4. The van der Waals surface area contributed by atoms with Crippen LogP contribution in [0.15, 0.2) is 22.8 Å². The molecule has 0 bridgehead atoms. The fraction of sp³-hybridized carbons (Fsp3) is 0.412. The van der Waals surface area contributed by atoms with E-state index in [0.717, 1.165) is 16.5 Å². The van der Waals surface area contributed by atoms with Gasteiger partial charge in [-0.3, -0.25) is 9.59 Å². The third-order valence-corrected chi connectivity index (χ3v) is 3.64. The van der Waals surface area contributed by atoms with Gasteiger partial charge in [0.25, 0.3) is 5.91 Å². The molecular weight excluding hydrogens is 282 g/mol. The van der Waals surface area contributed by atoms with Crippen LogP contribution in [0.25, 0.3) is 11.0 Å². The molecule has 0 aliphatic heterocycles. The number of fused-ring (bicyclic) bond motifs is 1. The van der Waals surface area contributed by atoms with Crippen LogP contribution in [0.5, 0.6) is 0 Å². The zero-order valence-electron chi connectivity index (χ0n) is 13.4. The van der Waals surface area contributed by atoms with Crippen LogP contribution in [0, 0.1) is 6.92 Å². The molecule has 0 saturated heterocycles. The Bertz CT molecular complexity index is 700. The summed E-state index contributed by atoms with van der Waals surface area (Å²) in [4.78, 5) is 22.9. The fourth-order valence-electron chi connectivity index (χ4n) is 2.43. The first-order valence-corrected chi connectivity index (χ1v) is 7.29. The molecule has 0 atom stereocenters. The van der Waals surface area contributed by atoms with Gasteiger partial charge in [-0.15, -0.1) is 0 Å². The molecule has 118 valence electrons. The van der Waals surface area contributed by atoms with E-state index in [9.17, 15) is 9.59 Å². The van der Waals surface area contributed by atoms with Crippen molar-refractivity contribution in [3.63, 3.8) is 0 Å². The summed E-state index contributed by atoms with van der Waals surface area (Å²) < 4.78 is 10.5. The number of likely N-dealkylation sites (N-methyl/N-ethyl adjacent to an activating group) is 1. The number of ether oxygens (including phenoxy) is 1. The Kier molecular flexibility index (Phi) is 4.85. The van der Waals surface area contributed by atoms with Gasteiger partial charge in [0.15, 0.2) is 6.61 Å². The van der Waals surface area contributed by atoms with Gasteiger partial charge in [-0.2, -0.15) is 0 Å². The summed E-state index contributed by atoms with van der Waals surface area (Å²) in [7, 11) is 1.50. The molecule has 22 heavy (non-hydrogen) atoms. The minimum absolute atomic E-state index is 0.0879. The summed E-state index contributed by atoms with van der Waals surface area (Å²) in [6.45, 7) is 6.05. The number of aryl methyl sites for hydroxylation is 1. The number of rotatable bonds is 5. The van der Waals surface area contributed by atoms with Crippen LogP contribution < -0.4 is 5.32 Å². The third-order valence-electron chi connectivity index (χ3n) is 3.64. The summed E-state index contributed by atoms with van der Waals surface area (Å²) in [6.07, 6.45) is 1.67. The normalized spacial score (nSPS) is 11.0. The molecule has 5 nitrogen and oxygen atoms in total. The lowest BCUT2D eigenvalue weighted by molar-refractivity contribution is -0.147. The highest BCUT2D eigenvalue weighted by Gasteiger charge is 2.15. The fourth-order valence-corrected chi connectivity index (χ4v) is 2.43. The van der Waals surface area contributed by atoms with Crippen molar-refractivity contribution in [2.75, 3.05) is 13.7 Å².